The van der Waals surface area contributed by atoms with Gasteiger partial charge in [-0.05, 0) is 85.0 Å². The van der Waals surface area contributed by atoms with Crippen LogP contribution in [0.1, 0.15) is 41.5 Å². The molecule has 2 aromatic carbocycles. The van der Waals surface area contributed by atoms with E-state index in [4.69, 9.17) is 9.47 Å². The van der Waals surface area contributed by atoms with E-state index in [2.05, 4.69) is 0 Å². The molecule has 0 atom stereocenters. The smallest absolute Gasteiger partial charge is 0.243 e. The van der Waals surface area contributed by atoms with Crippen LogP contribution in [0, 0.1) is 5.92 Å². The molecule has 1 aliphatic carbocycles. The first-order valence-corrected chi connectivity index (χ1v) is 13.5. The number of methoxy groups -OCH3 is 2. The van der Waals surface area contributed by atoms with Crippen LogP contribution in [0.4, 0.5) is 0 Å². The minimum Gasteiger partial charge on any atom is -0.493 e. The normalized spacial score (nSPS) is 18.9. The van der Waals surface area contributed by atoms with Gasteiger partial charge in [-0.15, -0.1) is 0 Å². The van der Waals surface area contributed by atoms with Crippen molar-refractivity contribution in [2.45, 2.75) is 50.0 Å². The number of carbonyl (C=O) groups is 1. The highest BCUT2D eigenvalue weighted by Gasteiger charge is 2.35. The SMILES string of the molecule is COc1cc2c(cc1OC)CN(C(=O)C1CCN(S(=O)(=O)c3ccc4c(c3)CCC4)CC1)CC2. The summed E-state index contributed by atoms with van der Waals surface area (Å²) in [6, 6.07) is 9.51. The van der Waals surface area contributed by atoms with Crippen molar-refractivity contribution in [1.29, 1.82) is 0 Å². The van der Waals surface area contributed by atoms with Gasteiger partial charge in [0.2, 0.25) is 15.9 Å². The fourth-order valence-corrected chi connectivity index (χ4v) is 7.05. The molecular formula is C26H32N2O5S. The summed E-state index contributed by atoms with van der Waals surface area (Å²) in [5.41, 5.74) is 4.68. The maximum absolute atomic E-state index is 13.3. The summed E-state index contributed by atoms with van der Waals surface area (Å²) < 4.78 is 38.8. The van der Waals surface area contributed by atoms with Gasteiger partial charge in [0.25, 0.3) is 0 Å². The highest BCUT2D eigenvalue weighted by Crippen LogP contribution is 2.34. The molecule has 5 rings (SSSR count). The van der Waals surface area contributed by atoms with Gasteiger partial charge in [0.1, 0.15) is 0 Å². The Labute approximate surface area is 201 Å². The van der Waals surface area contributed by atoms with Crippen LogP contribution in [-0.4, -0.2) is 57.4 Å². The molecular weight excluding hydrogens is 452 g/mol. The lowest BCUT2D eigenvalue weighted by Gasteiger charge is -2.36. The van der Waals surface area contributed by atoms with Crippen molar-refractivity contribution in [1.82, 2.24) is 9.21 Å². The van der Waals surface area contributed by atoms with E-state index in [1.54, 1.807) is 24.6 Å². The molecule has 2 heterocycles. The minimum atomic E-state index is -3.53. The number of amides is 1. The second-order valence-electron chi connectivity index (χ2n) is 9.45. The van der Waals surface area contributed by atoms with Gasteiger partial charge < -0.3 is 14.4 Å². The molecule has 2 aromatic rings. The van der Waals surface area contributed by atoms with Gasteiger partial charge in [0.15, 0.2) is 11.5 Å². The summed E-state index contributed by atoms with van der Waals surface area (Å²) >= 11 is 0. The molecule has 0 saturated carbocycles. The molecule has 1 saturated heterocycles. The predicted molar refractivity (Wildman–Crippen MR) is 129 cm³/mol. The zero-order chi connectivity index (χ0) is 23.9. The number of fused-ring (bicyclic) bond motifs is 2. The summed E-state index contributed by atoms with van der Waals surface area (Å²) in [6.45, 7) is 1.97. The van der Waals surface area contributed by atoms with Crippen LogP contribution < -0.4 is 9.47 Å². The second kappa shape index (κ2) is 9.23. The van der Waals surface area contributed by atoms with Crippen molar-refractivity contribution in [2.24, 2.45) is 5.92 Å². The molecule has 0 spiro atoms. The third-order valence-corrected chi connectivity index (χ3v) is 9.44. The Hall–Kier alpha value is -2.58. The molecule has 0 N–H and O–H groups in total. The van der Waals surface area contributed by atoms with Crippen molar-refractivity contribution in [3.05, 3.63) is 52.6 Å². The number of benzene rings is 2. The standard InChI is InChI=1S/C26H32N2O5S/c1-32-24-15-21-8-11-27(17-22(21)16-25(24)33-2)26(29)19-9-12-28(13-10-19)34(30,31)23-7-6-18-4-3-5-20(18)14-23/h6-7,14-16,19H,3-5,8-13,17H2,1-2H3. The molecule has 34 heavy (non-hydrogen) atoms. The number of rotatable bonds is 5. The number of aryl methyl sites for hydroxylation is 2. The highest BCUT2D eigenvalue weighted by atomic mass is 32.2. The van der Waals surface area contributed by atoms with Gasteiger partial charge in [-0.1, -0.05) is 6.07 Å². The van der Waals surface area contributed by atoms with Gasteiger partial charge in [0, 0.05) is 32.1 Å². The second-order valence-corrected chi connectivity index (χ2v) is 11.4. The van der Waals surface area contributed by atoms with Crippen LogP contribution in [-0.2, 0) is 40.6 Å². The van der Waals surface area contributed by atoms with Crippen LogP contribution in [0.3, 0.4) is 0 Å². The Morgan fingerprint density at radius 3 is 2.21 bits per heavy atom. The average molecular weight is 485 g/mol. The topological polar surface area (TPSA) is 76.2 Å². The summed E-state index contributed by atoms with van der Waals surface area (Å²) in [7, 11) is -0.293. The number of hydrogen-bond donors (Lipinski definition) is 0. The molecule has 2 aliphatic heterocycles. The van der Waals surface area contributed by atoms with E-state index in [0.717, 1.165) is 36.8 Å². The van der Waals surface area contributed by atoms with E-state index in [1.807, 2.05) is 29.2 Å². The average Bonchev–Trinajstić information content (AvgIpc) is 3.35. The molecule has 7 nitrogen and oxygen atoms in total. The van der Waals surface area contributed by atoms with Crippen LogP contribution in [0.15, 0.2) is 35.2 Å². The fourth-order valence-electron chi connectivity index (χ4n) is 5.53. The third kappa shape index (κ3) is 4.18. The van der Waals surface area contributed by atoms with E-state index in [0.29, 0.717) is 55.4 Å². The van der Waals surface area contributed by atoms with Gasteiger partial charge in [-0.25, -0.2) is 8.42 Å². The number of ether oxygens (including phenoxy) is 2. The van der Waals surface area contributed by atoms with E-state index < -0.39 is 10.0 Å². The zero-order valence-electron chi connectivity index (χ0n) is 19.9. The first-order chi connectivity index (χ1) is 16.4. The van der Waals surface area contributed by atoms with Gasteiger partial charge >= 0.3 is 0 Å². The monoisotopic (exact) mass is 484 g/mol. The van der Waals surface area contributed by atoms with Crippen LogP contribution in [0.2, 0.25) is 0 Å². The number of hydrogen-bond acceptors (Lipinski definition) is 5. The van der Waals surface area contributed by atoms with Crippen LogP contribution in [0.25, 0.3) is 0 Å². The molecule has 0 bridgehead atoms. The van der Waals surface area contributed by atoms with Crippen molar-refractivity contribution in [3.63, 3.8) is 0 Å². The van der Waals surface area contributed by atoms with Crippen molar-refractivity contribution < 1.29 is 22.7 Å². The number of nitrogens with zero attached hydrogens (tertiary/aromatic N) is 2. The Kier molecular flexibility index (Phi) is 6.29. The van der Waals surface area contributed by atoms with Gasteiger partial charge in [-0.2, -0.15) is 4.31 Å². The van der Waals surface area contributed by atoms with E-state index in [1.165, 1.54) is 11.1 Å². The maximum atomic E-state index is 13.3. The molecule has 1 fully saturated rings. The predicted octanol–water partition coefficient (Wildman–Crippen LogP) is 3.18. The maximum Gasteiger partial charge on any atom is 0.243 e. The van der Waals surface area contributed by atoms with E-state index in [9.17, 15) is 13.2 Å². The molecule has 0 radical (unpaired) electrons. The van der Waals surface area contributed by atoms with Gasteiger partial charge in [0.05, 0.1) is 19.1 Å². The fraction of sp³-hybridized carbons (Fsp3) is 0.500. The molecule has 3 aliphatic rings. The van der Waals surface area contributed by atoms with E-state index in [-0.39, 0.29) is 11.8 Å². The molecule has 1 amide bonds. The van der Waals surface area contributed by atoms with Crippen LogP contribution >= 0.6 is 0 Å². The zero-order valence-corrected chi connectivity index (χ0v) is 20.7. The summed E-state index contributed by atoms with van der Waals surface area (Å²) in [6.07, 6.45) is 4.95. The first kappa shape index (κ1) is 23.2. The molecule has 8 heteroatoms. The third-order valence-electron chi connectivity index (χ3n) is 7.54. The summed E-state index contributed by atoms with van der Waals surface area (Å²) in [4.78, 5) is 15.6. The Morgan fingerprint density at radius 2 is 1.50 bits per heavy atom. The largest absolute Gasteiger partial charge is 0.493 e. The van der Waals surface area contributed by atoms with Crippen molar-refractivity contribution >= 4 is 15.9 Å². The Morgan fingerprint density at radius 1 is 0.853 bits per heavy atom. The minimum absolute atomic E-state index is 0.120. The van der Waals surface area contributed by atoms with Crippen molar-refractivity contribution in [2.75, 3.05) is 33.9 Å². The summed E-state index contributed by atoms with van der Waals surface area (Å²) in [5, 5.41) is 0. The highest BCUT2D eigenvalue weighted by molar-refractivity contribution is 7.89. The van der Waals surface area contributed by atoms with Crippen molar-refractivity contribution in [3.8, 4) is 11.5 Å². The van der Waals surface area contributed by atoms with E-state index >= 15 is 0 Å². The van der Waals surface area contributed by atoms with Gasteiger partial charge in [-0.3, -0.25) is 4.79 Å². The Balaban J connectivity index is 1.23. The number of piperidine rings is 1. The molecule has 0 aromatic heterocycles. The lowest BCUT2D eigenvalue weighted by molar-refractivity contribution is -0.137. The van der Waals surface area contributed by atoms with Crippen LogP contribution in [0.5, 0.6) is 11.5 Å². The summed E-state index contributed by atoms with van der Waals surface area (Å²) in [5.74, 6) is 1.35. The number of sulfonamides is 1. The molecule has 0 unspecified atom stereocenters. The lowest BCUT2D eigenvalue weighted by Crippen LogP contribution is -2.45. The lowest BCUT2D eigenvalue weighted by atomic mass is 9.93. The molecule has 182 valence electrons. The first-order valence-electron chi connectivity index (χ1n) is 12.0. The quantitative estimate of drug-likeness (QED) is 0.652. The number of carbonyl (C=O) groups excluding carboxylic acids is 1. The Bertz CT molecular complexity index is 1200.